The molecule has 2 aliphatic heterocycles. The number of hydrogen-bond acceptors (Lipinski definition) is 4. The minimum absolute atomic E-state index is 0.327. The second-order valence-electron chi connectivity index (χ2n) is 8.22. The maximum absolute atomic E-state index is 4.51. The molecule has 0 aromatic carbocycles. The SMILES string of the molecule is CC(C)(C)N1CCC(CN2CCN(c3cc(Br)ccn3)CC2)CC1. The van der Waals surface area contributed by atoms with Gasteiger partial charge in [-0.25, -0.2) is 4.98 Å². The predicted octanol–water partition coefficient (Wildman–Crippen LogP) is 3.48. The fourth-order valence-electron chi connectivity index (χ4n) is 3.88. The van der Waals surface area contributed by atoms with E-state index in [9.17, 15) is 0 Å². The highest BCUT2D eigenvalue weighted by Crippen LogP contribution is 2.25. The number of pyridine rings is 1. The quantitative estimate of drug-likeness (QED) is 0.782. The van der Waals surface area contributed by atoms with Gasteiger partial charge in [0.2, 0.25) is 0 Å². The Morgan fingerprint density at radius 3 is 2.33 bits per heavy atom. The lowest BCUT2D eigenvalue weighted by Crippen LogP contribution is -2.50. The number of aromatic nitrogens is 1. The summed E-state index contributed by atoms with van der Waals surface area (Å²) in [4.78, 5) is 12.2. The predicted molar refractivity (Wildman–Crippen MR) is 105 cm³/mol. The molecule has 2 aliphatic rings. The number of anilines is 1. The lowest BCUT2D eigenvalue weighted by Gasteiger charge is -2.43. The van der Waals surface area contributed by atoms with Crippen LogP contribution < -0.4 is 4.90 Å². The van der Waals surface area contributed by atoms with E-state index in [1.807, 2.05) is 12.3 Å². The number of likely N-dealkylation sites (tertiary alicyclic amines) is 1. The Hall–Kier alpha value is -0.650. The van der Waals surface area contributed by atoms with Crippen molar-refractivity contribution >= 4 is 21.7 Å². The molecule has 4 nitrogen and oxygen atoms in total. The summed E-state index contributed by atoms with van der Waals surface area (Å²) in [5.41, 5.74) is 0.327. The minimum Gasteiger partial charge on any atom is -0.354 e. The van der Waals surface area contributed by atoms with Crippen LogP contribution in [-0.2, 0) is 0 Å². The van der Waals surface area contributed by atoms with E-state index in [1.54, 1.807) is 0 Å². The van der Waals surface area contributed by atoms with Gasteiger partial charge >= 0.3 is 0 Å². The van der Waals surface area contributed by atoms with E-state index in [2.05, 4.69) is 62.5 Å². The fraction of sp³-hybridized carbons (Fsp3) is 0.737. The van der Waals surface area contributed by atoms with Gasteiger partial charge < -0.3 is 4.90 Å². The van der Waals surface area contributed by atoms with Crippen molar-refractivity contribution in [1.29, 1.82) is 0 Å². The zero-order valence-electron chi connectivity index (χ0n) is 15.3. The molecule has 24 heavy (non-hydrogen) atoms. The molecule has 3 heterocycles. The van der Waals surface area contributed by atoms with Crippen molar-refractivity contribution in [3.8, 4) is 0 Å². The van der Waals surface area contributed by atoms with E-state index in [1.165, 1.54) is 32.5 Å². The Morgan fingerprint density at radius 2 is 1.75 bits per heavy atom. The van der Waals surface area contributed by atoms with Crippen LogP contribution in [0, 0.1) is 5.92 Å². The third kappa shape index (κ3) is 4.70. The Morgan fingerprint density at radius 1 is 1.08 bits per heavy atom. The van der Waals surface area contributed by atoms with Crippen LogP contribution in [0.5, 0.6) is 0 Å². The Bertz CT molecular complexity index is 526. The van der Waals surface area contributed by atoms with Crippen LogP contribution in [0.3, 0.4) is 0 Å². The zero-order chi connectivity index (χ0) is 17.2. The van der Waals surface area contributed by atoms with E-state index in [4.69, 9.17) is 0 Å². The van der Waals surface area contributed by atoms with Gasteiger partial charge in [0.1, 0.15) is 5.82 Å². The summed E-state index contributed by atoms with van der Waals surface area (Å²) in [6.07, 6.45) is 4.59. The van der Waals surface area contributed by atoms with Crippen molar-refractivity contribution in [1.82, 2.24) is 14.8 Å². The van der Waals surface area contributed by atoms with Crippen molar-refractivity contribution in [3.63, 3.8) is 0 Å². The zero-order valence-corrected chi connectivity index (χ0v) is 16.9. The fourth-order valence-corrected chi connectivity index (χ4v) is 4.20. The van der Waals surface area contributed by atoms with Crippen molar-refractivity contribution in [2.45, 2.75) is 39.2 Å². The molecule has 0 aliphatic carbocycles. The molecule has 0 spiro atoms. The lowest BCUT2D eigenvalue weighted by molar-refractivity contribution is 0.0735. The van der Waals surface area contributed by atoms with Gasteiger partial charge in [-0.05, 0) is 64.8 Å². The second-order valence-corrected chi connectivity index (χ2v) is 9.14. The van der Waals surface area contributed by atoms with E-state index in [0.29, 0.717) is 5.54 Å². The summed E-state index contributed by atoms with van der Waals surface area (Å²) < 4.78 is 1.11. The van der Waals surface area contributed by atoms with Crippen molar-refractivity contribution in [2.75, 3.05) is 50.7 Å². The molecule has 0 saturated carbocycles. The average Bonchev–Trinajstić information content (AvgIpc) is 2.55. The normalized spacial score (nSPS) is 22.1. The first-order valence-corrected chi connectivity index (χ1v) is 10.0. The third-order valence-corrected chi connectivity index (χ3v) is 5.98. The molecular weight excluding hydrogens is 364 g/mol. The Balaban J connectivity index is 1.43. The molecule has 134 valence electrons. The molecule has 0 amide bonds. The number of piperidine rings is 1. The van der Waals surface area contributed by atoms with Crippen LogP contribution >= 0.6 is 15.9 Å². The van der Waals surface area contributed by atoms with Crippen LogP contribution in [0.1, 0.15) is 33.6 Å². The first kappa shape index (κ1) is 18.2. The molecule has 2 saturated heterocycles. The molecule has 3 rings (SSSR count). The molecular formula is C19H31BrN4. The van der Waals surface area contributed by atoms with Gasteiger partial charge in [-0.1, -0.05) is 15.9 Å². The standard InChI is InChI=1S/C19H31BrN4/c1-19(2,3)24-8-5-16(6-9-24)15-22-10-12-23(13-11-22)18-14-17(20)4-7-21-18/h4,7,14,16H,5-6,8-13,15H2,1-3H3. The third-order valence-electron chi connectivity index (χ3n) is 5.48. The van der Waals surface area contributed by atoms with Gasteiger partial charge in [0.25, 0.3) is 0 Å². The average molecular weight is 395 g/mol. The second kappa shape index (κ2) is 7.71. The number of halogens is 1. The smallest absolute Gasteiger partial charge is 0.129 e. The monoisotopic (exact) mass is 394 g/mol. The first-order valence-electron chi connectivity index (χ1n) is 9.26. The van der Waals surface area contributed by atoms with E-state index in [0.717, 1.165) is 42.4 Å². The van der Waals surface area contributed by atoms with Gasteiger partial charge in [-0.3, -0.25) is 9.80 Å². The molecule has 1 aromatic heterocycles. The van der Waals surface area contributed by atoms with Gasteiger partial charge in [0.15, 0.2) is 0 Å². The molecule has 0 N–H and O–H groups in total. The number of rotatable bonds is 3. The van der Waals surface area contributed by atoms with Crippen molar-refractivity contribution in [2.24, 2.45) is 5.92 Å². The van der Waals surface area contributed by atoms with Gasteiger partial charge in [0.05, 0.1) is 0 Å². The molecule has 0 bridgehead atoms. The molecule has 2 fully saturated rings. The highest BCUT2D eigenvalue weighted by atomic mass is 79.9. The number of piperazine rings is 1. The summed E-state index contributed by atoms with van der Waals surface area (Å²) in [5, 5.41) is 0. The number of hydrogen-bond donors (Lipinski definition) is 0. The number of nitrogens with zero attached hydrogens (tertiary/aromatic N) is 4. The summed E-state index contributed by atoms with van der Waals surface area (Å²) in [7, 11) is 0. The van der Waals surface area contributed by atoms with Crippen molar-refractivity contribution in [3.05, 3.63) is 22.8 Å². The summed E-state index contributed by atoms with van der Waals surface area (Å²) in [5.74, 6) is 1.97. The van der Waals surface area contributed by atoms with Crippen molar-refractivity contribution < 1.29 is 0 Å². The topological polar surface area (TPSA) is 22.6 Å². The largest absolute Gasteiger partial charge is 0.354 e. The first-order chi connectivity index (χ1) is 11.4. The molecule has 0 radical (unpaired) electrons. The van der Waals surface area contributed by atoms with E-state index in [-0.39, 0.29) is 0 Å². The van der Waals surface area contributed by atoms with Crippen LogP contribution in [-0.4, -0.2) is 66.1 Å². The van der Waals surface area contributed by atoms with Gasteiger partial charge in [-0.15, -0.1) is 0 Å². The molecule has 0 atom stereocenters. The lowest BCUT2D eigenvalue weighted by atomic mass is 9.92. The van der Waals surface area contributed by atoms with Gasteiger partial charge in [-0.2, -0.15) is 0 Å². The maximum atomic E-state index is 4.51. The molecule has 0 unspecified atom stereocenters. The van der Waals surface area contributed by atoms with Crippen LogP contribution in [0.4, 0.5) is 5.82 Å². The van der Waals surface area contributed by atoms with Crippen LogP contribution in [0.2, 0.25) is 0 Å². The maximum Gasteiger partial charge on any atom is 0.129 e. The van der Waals surface area contributed by atoms with E-state index >= 15 is 0 Å². The molecule has 5 heteroatoms. The highest BCUT2D eigenvalue weighted by Gasteiger charge is 2.28. The van der Waals surface area contributed by atoms with E-state index < -0.39 is 0 Å². The summed E-state index contributed by atoms with van der Waals surface area (Å²) >= 11 is 3.54. The van der Waals surface area contributed by atoms with Crippen LogP contribution in [0.25, 0.3) is 0 Å². The highest BCUT2D eigenvalue weighted by molar-refractivity contribution is 9.10. The van der Waals surface area contributed by atoms with Gasteiger partial charge in [0, 0.05) is 48.9 Å². The summed E-state index contributed by atoms with van der Waals surface area (Å²) in [6.45, 7) is 15.3. The minimum atomic E-state index is 0.327. The Kier molecular flexibility index (Phi) is 5.83. The Labute approximate surface area is 155 Å². The summed E-state index contributed by atoms with van der Waals surface area (Å²) in [6, 6.07) is 4.11. The van der Waals surface area contributed by atoms with Crippen LogP contribution in [0.15, 0.2) is 22.8 Å². The molecule has 1 aromatic rings.